The van der Waals surface area contributed by atoms with E-state index in [4.69, 9.17) is 5.11 Å². The number of hydrogen-bond donors (Lipinski definition) is 1. The third-order valence-corrected chi connectivity index (χ3v) is 2.44. The zero-order valence-corrected chi connectivity index (χ0v) is 8.70. The smallest absolute Gasteiger partial charge is 0.220 e. The molecule has 1 aromatic rings. The van der Waals surface area contributed by atoms with Crippen LogP contribution < -0.4 is 0 Å². The van der Waals surface area contributed by atoms with Crippen molar-refractivity contribution in [3.63, 3.8) is 0 Å². The Balaban J connectivity index is 3.04. The zero-order valence-electron chi connectivity index (χ0n) is 6.54. The molecule has 0 amide bonds. The van der Waals surface area contributed by atoms with Gasteiger partial charge >= 0.3 is 0 Å². The van der Waals surface area contributed by atoms with Gasteiger partial charge in [0.2, 0.25) is 6.29 Å². The number of phenols is 1. The van der Waals surface area contributed by atoms with Crippen LogP contribution in [0.3, 0.4) is 0 Å². The molecular weight excluding hydrogens is 267 g/mol. The summed E-state index contributed by atoms with van der Waals surface area (Å²) in [4.78, 5) is 10.5. The van der Waals surface area contributed by atoms with Gasteiger partial charge in [0.05, 0.1) is 0 Å². The Morgan fingerprint density at radius 2 is 1.92 bits per heavy atom. The molecule has 0 spiro atoms. The van der Waals surface area contributed by atoms with Gasteiger partial charge in [-0.2, -0.15) is 0 Å². The molecular formula is C9H8IO2. The lowest BCUT2D eigenvalue weighted by Crippen LogP contribution is -2.13. The molecule has 1 unspecified atom stereocenters. The molecule has 1 rings (SSSR count). The minimum atomic E-state index is -0.620. The van der Waals surface area contributed by atoms with E-state index in [9.17, 15) is 4.79 Å². The summed E-state index contributed by atoms with van der Waals surface area (Å²) in [5.74, 6) is 0.205. The summed E-state index contributed by atoms with van der Waals surface area (Å²) >= 11 is 2.01. The molecule has 1 aromatic carbocycles. The van der Waals surface area contributed by atoms with Crippen molar-refractivity contribution in [3.05, 3.63) is 29.8 Å². The second kappa shape index (κ2) is 3.43. The van der Waals surface area contributed by atoms with Gasteiger partial charge in [0.25, 0.3) is 0 Å². The first kappa shape index (κ1) is 9.51. The molecule has 0 saturated heterocycles. The monoisotopic (exact) mass is 275 g/mol. The van der Waals surface area contributed by atoms with Gasteiger partial charge in [-0.3, -0.25) is 4.79 Å². The fourth-order valence-electron chi connectivity index (χ4n) is 0.833. The maximum absolute atomic E-state index is 10.5. The Labute approximate surface area is 84.7 Å². The molecule has 1 radical (unpaired) electrons. The Kier molecular flexibility index (Phi) is 2.72. The molecule has 0 aliphatic heterocycles. The van der Waals surface area contributed by atoms with E-state index < -0.39 is 3.42 Å². The van der Waals surface area contributed by atoms with Crippen molar-refractivity contribution in [1.29, 1.82) is 0 Å². The predicted molar refractivity (Wildman–Crippen MR) is 55.2 cm³/mol. The highest BCUT2D eigenvalue weighted by Gasteiger charge is 2.22. The van der Waals surface area contributed by atoms with E-state index in [0.717, 1.165) is 5.56 Å². The fourth-order valence-corrected chi connectivity index (χ4v) is 1.19. The number of aromatic hydroxyl groups is 1. The lowest BCUT2D eigenvalue weighted by molar-refractivity contribution is 0.475. The van der Waals surface area contributed by atoms with E-state index >= 15 is 0 Å². The van der Waals surface area contributed by atoms with Crippen molar-refractivity contribution in [2.75, 3.05) is 0 Å². The predicted octanol–water partition coefficient (Wildman–Crippen LogP) is 2.15. The topological polar surface area (TPSA) is 37.3 Å². The van der Waals surface area contributed by atoms with Gasteiger partial charge in [0.1, 0.15) is 9.17 Å². The van der Waals surface area contributed by atoms with Gasteiger partial charge in [-0.25, -0.2) is 0 Å². The molecule has 0 aromatic heterocycles. The van der Waals surface area contributed by atoms with Crippen LogP contribution in [0.4, 0.5) is 0 Å². The second-order valence-electron chi connectivity index (χ2n) is 2.65. The first-order chi connectivity index (χ1) is 5.56. The van der Waals surface area contributed by atoms with Crippen molar-refractivity contribution >= 4 is 28.9 Å². The van der Waals surface area contributed by atoms with Crippen LogP contribution >= 0.6 is 22.6 Å². The summed E-state index contributed by atoms with van der Waals surface area (Å²) in [6, 6.07) is 6.55. The van der Waals surface area contributed by atoms with Gasteiger partial charge in [0, 0.05) is 0 Å². The molecule has 0 aliphatic carbocycles. The fraction of sp³-hybridized carbons (Fsp3) is 0.222. The van der Waals surface area contributed by atoms with Crippen LogP contribution in [-0.2, 0) is 8.22 Å². The minimum Gasteiger partial charge on any atom is -0.508 e. The summed E-state index contributed by atoms with van der Waals surface area (Å²) < 4.78 is -0.620. The molecule has 3 heteroatoms. The van der Waals surface area contributed by atoms with Crippen LogP contribution in [0.2, 0.25) is 0 Å². The molecule has 63 valence electrons. The zero-order chi connectivity index (χ0) is 9.19. The second-order valence-corrected chi connectivity index (χ2v) is 4.81. The maximum atomic E-state index is 10.5. The van der Waals surface area contributed by atoms with Crippen LogP contribution in [0.5, 0.6) is 5.75 Å². The average molecular weight is 275 g/mol. The van der Waals surface area contributed by atoms with E-state index in [1.807, 2.05) is 28.9 Å². The summed E-state index contributed by atoms with van der Waals surface area (Å²) in [6.07, 6.45) is 1.93. The third-order valence-electron chi connectivity index (χ3n) is 1.60. The number of rotatable bonds is 2. The first-order valence-electron chi connectivity index (χ1n) is 3.44. The number of benzene rings is 1. The Morgan fingerprint density at radius 3 is 2.33 bits per heavy atom. The van der Waals surface area contributed by atoms with Gasteiger partial charge in [-0.1, -0.05) is 34.7 Å². The molecule has 0 aliphatic rings. The summed E-state index contributed by atoms with van der Waals surface area (Å²) in [6.45, 7) is 1.77. The largest absolute Gasteiger partial charge is 0.508 e. The number of hydrogen-bond acceptors (Lipinski definition) is 2. The van der Waals surface area contributed by atoms with Crippen LogP contribution in [0.15, 0.2) is 24.3 Å². The SMILES string of the molecule is CC(I)([C]=O)c1ccc(O)cc1. The van der Waals surface area contributed by atoms with Gasteiger partial charge in [-0.05, 0) is 24.6 Å². The van der Waals surface area contributed by atoms with Gasteiger partial charge in [-0.15, -0.1) is 0 Å². The molecule has 1 N–H and O–H groups in total. The van der Waals surface area contributed by atoms with Crippen molar-refractivity contribution in [2.24, 2.45) is 0 Å². The van der Waals surface area contributed by atoms with Crippen molar-refractivity contribution in [3.8, 4) is 5.75 Å². The van der Waals surface area contributed by atoms with Gasteiger partial charge < -0.3 is 5.11 Å². The maximum Gasteiger partial charge on any atom is 0.220 e. The van der Waals surface area contributed by atoms with Crippen molar-refractivity contribution < 1.29 is 9.90 Å². The minimum absolute atomic E-state index is 0.205. The molecule has 12 heavy (non-hydrogen) atoms. The molecule has 0 heterocycles. The number of phenolic OH excluding ortho intramolecular Hbond substituents is 1. The highest BCUT2D eigenvalue weighted by Crippen LogP contribution is 2.29. The van der Waals surface area contributed by atoms with E-state index in [0.29, 0.717) is 0 Å². The normalized spacial score (nSPS) is 15.2. The standard InChI is InChI=1S/C9H8IO2/c1-9(10,6-11)7-2-4-8(12)5-3-7/h2-5,12H,1H3. The lowest BCUT2D eigenvalue weighted by atomic mass is 10.0. The van der Waals surface area contributed by atoms with Crippen LogP contribution in [0.25, 0.3) is 0 Å². The van der Waals surface area contributed by atoms with E-state index in [-0.39, 0.29) is 5.75 Å². The Morgan fingerprint density at radius 1 is 1.42 bits per heavy atom. The third kappa shape index (κ3) is 1.97. The molecule has 1 atom stereocenters. The van der Waals surface area contributed by atoms with Crippen molar-refractivity contribution in [1.82, 2.24) is 0 Å². The Hall–Kier alpha value is -0.580. The highest BCUT2D eigenvalue weighted by molar-refractivity contribution is 14.1. The molecule has 2 nitrogen and oxygen atoms in total. The van der Waals surface area contributed by atoms with E-state index in [2.05, 4.69) is 0 Å². The Bertz CT molecular complexity index is 277. The summed E-state index contributed by atoms with van der Waals surface area (Å²) in [7, 11) is 0. The van der Waals surface area contributed by atoms with Crippen LogP contribution in [0.1, 0.15) is 12.5 Å². The molecule has 0 bridgehead atoms. The quantitative estimate of drug-likeness (QED) is 0.663. The van der Waals surface area contributed by atoms with Crippen molar-refractivity contribution in [2.45, 2.75) is 10.3 Å². The number of halogens is 1. The molecule has 0 fully saturated rings. The average Bonchev–Trinajstić information content (AvgIpc) is 2.05. The van der Waals surface area contributed by atoms with Gasteiger partial charge in [0.15, 0.2) is 0 Å². The first-order valence-corrected chi connectivity index (χ1v) is 4.52. The van der Waals surface area contributed by atoms with E-state index in [1.54, 1.807) is 31.2 Å². The van der Waals surface area contributed by atoms with E-state index in [1.165, 1.54) is 0 Å². The number of alkyl halides is 1. The number of carbonyl (C=O) groups excluding carboxylic acids is 1. The molecule has 0 saturated carbocycles. The van der Waals surface area contributed by atoms with Crippen LogP contribution in [0, 0.1) is 0 Å². The highest BCUT2D eigenvalue weighted by atomic mass is 127. The lowest BCUT2D eigenvalue weighted by Gasteiger charge is -2.13. The summed E-state index contributed by atoms with van der Waals surface area (Å²) in [5, 5.41) is 8.99. The van der Waals surface area contributed by atoms with Crippen LogP contribution in [-0.4, -0.2) is 11.4 Å². The summed E-state index contributed by atoms with van der Waals surface area (Å²) in [5.41, 5.74) is 0.843.